The molecule has 1 aromatic heterocycles. The number of aryl methyl sites for hydroxylation is 1. The molecule has 0 bridgehead atoms. The van der Waals surface area contributed by atoms with Crippen molar-refractivity contribution in [3.63, 3.8) is 0 Å². The Labute approximate surface area is 118 Å². The first-order valence-electron chi connectivity index (χ1n) is 6.16. The summed E-state index contributed by atoms with van der Waals surface area (Å²) in [5, 5.41) is 4.03. The molecule has 0 atom stereocenters. The number of hydrogen-bond donors (Lipinski definition) is 1. The SMILES string of the molecule is CN(Cc1cnn(C)c1)S(=O)(=O)c1cccc(CN)c1. The fourth-order valence-electron chi connectivity index (χ4n) is 1.91. The number of sulfonamides is 1. The summed E-state index contributed by atoms with van der Waals surface area (Å²) < 4.78 is 27.9. The maximum absolute atomic E-state index is 12.5. The summed E-state index contributed by atoms with van der Waals surface area (Å²) in [6, 6.07) is 6.69. The van der Waals surface area contributed by atoms with E-state index in [1.165, 1.54) is 4.31 Å². The fraction of sp³-hybridized carbons (Fsp3) is 0.308. The zero-order valence-corrected chi connectivity index (χ0v) is 12.3. The van der Waals surface area contributed by atoms with E-state index in [0.717, 1.165) is 11.1 Å². The zero-order valence-electron chi connectivity index (χ0n) is 11.5. The molecular weight excluding hydrogens is 276 g/mol. The molecule has 0 saturated carbocycles. The Kier molecular flexibility index (Phi) is 4.22. The van der Waals surface area contributed by atoms with Crippen LogP contribution in [0.3, 0.4) is 0 Å². The number of nitrogens with zero attached hydrogens (tertiary/aromatic N) is 3. The maximum Gasteiger partial charge on any atom is 0.243 e. The van der Waals surface area contributed by atoms with Crippen LogP contribution in [0.5, 0.6) is 0 Å². The van der Waals surface area contributed by atoms with Gasteiger partial charge in [0.1, 0.15) is 0 Å². The summed E-state index contributed by atoms with van der Waals surface area (Å²) in [6.45, 7) is 0.596. The van der Waals surface area contributed by atoms with E-state index in [-0.39, 0.29) is 11.4 Å². The molecule has 2 rings (SSSR count). The molecule has 2 aromatic rings. The average Bonchev–Trinajstić information content (AvgIpc) is 2.84. The Bertz CT molecular complexity index is 694. The summed E-state index contributed by atoms with van der Waals surface area (Å²) >= 11 is 0. The van der Waals surface area contributed by atoms with Crippen LogP contribution in [-0.4, -0.2) is 29.6 Å². The van der Waals surface area contributed by atoms with Crippen LogP contribution in [0.1, 0.15) is 11.1 Å². The van der Waals surface area contributed by atoms with Gasteiger partial charge in [-0.25, -0.2) is 8.42 Å². The number of hydrogen-bond acceptors (Lipinski definition) is 4. The van der Waals surface area contributed by atoms with Crippen LogP contribution in [0.2, 0.25) is 0 Å². The smallest absolute Gasteiger partial charge is 0.243 e. The molecular formula is C13H18N4O2S. The van der Waals surface area contributed by atoms with Gasteiger partial charge in [-0.15, -0.1) is 0 Å². The molecule has 2 N–H and O–H groups in total. The number of rotatable bonds is 5. The van der Waals surface area contributed by atoms with Crippen molar-refractivity contribution in [3.8, 4) is 0 Å². The summed E-state index contributed by atoms with van der Waals surface area (Å²) in [6.07, 6.45) is 3.45. The van der Waals surface area contributed by atoms with Crippen LogP contribution in [0.15, 0.2) is 41.6 Å². The van der Waals surface area contributed by atoms with Crippen LogP contribution in [-0.2, 0) is 30.2 Å². The highest BCUT2D eigenvalue weighted by Gasteiger charge is 2.21. The lowest BCUT2D eigenvalue weighted by Gasteiger charge is -2.16. The van der Waals surface area contributed by atoms with Gasteiger partial charge in [0.25, 0.3) is 0 Å². The number of nitrogens with two attached hydrogens (primary N) is 1. The van der Waals surface area contributed by atoms with E-state index in [2.05, 4.69) is 5.10 Å². The van der Waals surface area contributed by atoms with Crippen molar-refractivity contribution < 1.29 is 8.42 Å². The average molecular weight is 294 g/mol. The van der Waals surface area contributed by atoms with Crippen LogP contribution >= 0.6 is 0 Å². The third kappa shape index (κ3) is 3.06. The Balaban J connectivity index is 2.24. The van der Waals surface area contributed by atoms with E-state index in [1.807, 2.05) is 0 Å². The predicted molar refractivity (Wildman–Crippen MR) is 76.2 cm³/mol. The predicted octanol–water partition coefficient (Wildman–Crippen LogP) is 0.699. The number of aromatic nitrogens is 2. The lowest BCUT2D eigenvalue weighted by molar-refractivity contribution is 0.466. The van der Waals surface area contributed by atoms with Crippen molar-refractivity contribution in [2.45, 2.75) is 18.0 Å². The van der Waals surface area contributed by atoms with Gasteiger partial charge in [0.2, 0.25) is 10.0 Å². The minimum absolute atomic E-state index is 0.256. The second-order valence-corrected chi connectivity index (χ2v) is 6.68. The summed E-state index contributed by atoms with van der Waals surface area (Å²) in [7, 11) is -0.172. The molecule has 1 aromatic carbocycles. The first-order chi connectivity index (χ1) is 9.43. The van der Waals surface area contributed by atoms with Gasteiger partial charge in [-0.3, -0.25) is 4.68 Å². The molecule has 0 amide bonds. The van der Waals surface area contributed by atoms with E-state index >= 15 is 0 Å². The van der Waals surface area contributed by atoms with E-state index in [0.29, 0.717) is 6.54 Å². The van der Waals surface area contributed by atoms with Crippen molar-refractivity contribution in [2.24, 2.45) is 12.8 Å². The summed E-state index contributed by atoms with van der Waals surface area (Å²) in [4.78, 5) is 0.256. The molecule has 20 heavy (non-hydrogen) atoms. The molecule has 7 heteroatoms. The molecule has 1 heterocycles. The topological polar surface area (TPSA) is 81.2 Å². The van der Waals surface area contributed by atoms with Crippen molar-refractivity contribution in [1.29, 1.82) is 0 Å². The molecule has 0 spiro atoms. The number of benzene rings is 1. The molecule has 0 aliphatic heterocycles. The Morgan fingerprint density at radius 1 is 1.35 bits per heavy atom. The maximum atomic E-state index is 12.5. The van der Waals surface area contributed by atoms with E-state index in [9.17, 15) is 8.42 Å². The summed E-state index contributed by atoms with van der Waals surface area (Å²) in [5.74, 6) is 0. The first-order valence-corrected chi connectivity index (χ1v) is 7.60. The molecule has 0 saturated heterocycles. The zero-order chi connectivity index (χ0) is 14.8. The Morgan fingerprint density at radius 3 is 2.70 bits per heavy atom. The fourth-order valence-corrected chi connectivity index (χ4v) is 3.14. The largest absolute Gasteiger partial charge is 0.326 e. The van der Waals surface area contributed by atoms with Crippen molar-refractivity contribution in [1.82, 2.24) is 14.1 Å². The van der Waals surface area contributed by atoms with Crippen LogP contribution in [0.4, 0.5) is 0 Å². The third-order valence-corrected chi connectivity index (χ3v) is 4.81. The summed E-state index contributed by atoms with van der Waals surface area (Å²) in [5.41, 5.74) is 7.18. The van der Waals surface area contributed by atoms with Crippen molar-refractivity contribution in [3.05, 3.63) is 47.8 Å². The van der Waals surface area contributed by atoms with Crippen LogP contribution in [0, 0.1) is 0 Å². The lowest BCUT2D eigenvalue weighted by Crippen LogP contribution is -2.26. The molecule has 0 aliphatic carbocycles. The van der Waals surface area contributed by atoms with E-state index < -0.39 is 10.0 Å². The minimum Gasteiger partial charge on any atom is -0.326 e. The van der Waals surface area contributed by atoms with Crippen LogP contribution in [0.25, 0.3) is 0 Å². The molecule has 6 nitrogen and oxygen atoms in total. The van der Waals surface area contributed by atoms with E-state index in [4.69, 9.17) is 5.73 Å². The molecule has 0 unspecified atom stereocenters. The van der Waals surface area contributed by atoms with E-state index in [1.54, 1.807) is 55.4 Å². The lowest BCUT2D eigenvalue weighted by atomic mass is 10.2. The van der Waals surface area contributed by atoms with Gasteiger partial charge in [0.15, 0.2) is 0 Å². The van der Waals surface area contributed by atoms with Gasteiger partial charge in [0.05, 0.1) is 11.1 Å². The Hall–Kier alpha value is -1.70. The van der Waals surface area contributed by atoms with Gasteiger partial charge in [-0.2, -0.15) is 9.40 Å². The Morgan fingerprint density at radius 2 is 2.10 bits per heavy atom. The van der Waals surface area contributed by atoms with Gasteiger partial charge in [-0.05, 0) is 17.7 Å². The third-order valence-electron chi connectivity index (χ3n) is 3.01. The normalized spacial score (nSPS) is 12.0. The molecule has 108 valence electrons. The quantitative estimate of drug-likeness (QED) is 0.880. The second-order valence-electron chi connectivity index (χ2n) is 4.63. The van der Waals surface area contributed by atoms with Gasteiger partial charge in [0, 0.05) is 38.9 Å². The highest BCUT2D eigenvalue weighted by Crippen LogP contribution is 2.17. The van der Waals surface area contributed by atoms with Crippen molar-refractivity contribution >= 4 is 10.0 Å². The second kappa shape index (κ2) is 5.74. The van der Waals surface area contributed by atoms with Gasteiger partial charge < -0.3 is 5.73 Å². The van der Waals surface area contributed by atoms with Crippen molar-refractivity contribution in [2.75, 3.05) is 7.05 Å². The highest BCUT2D eigenvalue weighted by molar-refractivity contribution is 7.89. The minimum atomic E-state index is -3.52. The monoisotopic (exact) mass is 294 g/mol. The van der Waals surface area contributed by atoms with Gasteiger partial charge in [-0.1, -0.05) is 12.1 Å². The van der Waals surface area contributed by atoms with Gasteiger partial charge >= 0.3 is 0 Å². The molecule has 0 fully saturated rings. The molecule has 0 radical (unpaired) electrons. The molecule has 0 aliphatic rings. The highest BCUT2D eigenvalue weighted by atomic mass is 32.2. The first kappa shape index (κ1) is 14.7. The standard InChI is InChI=1S/C13H18N4O2S/c1-16-9-12(8-15-16)10-17(2)20(18,19)13-5-3-4-11(6-13)7-14/h3-6,8-9H,7,10,14H2,1-2H3. The van der Waals surface area contributed by atoms with Crippen LogP contribution < -0.4 is 5.73 Å².